The van der Waals surface area contributed by atoms with Gasteiger partial charge in [-0.3, -0.25) is 9.36 Å². The fourth-order valence-electron chi connectivity index (χ4n) is 3.15. The zero-order chi connectivity index (χ0) is 16.0. The third-order valence-electron chi connectivity index (χ3n) is 4.28. The molecular weight excluding hydrogens is 284 g/mol. The second kappa shape index (κ2) is 5.06. The SMILES string of the molecule is Cc1cccc2c(=O)n(-c3cccc4ccccc34)c(C)nc12. The predicted octanol–water partition coefficient (Wildman–Crippen LogP) is 4.16. The number of nitrogens with zero attached hydrogens (tertiary/aromatic N) is 2. The van der Waals surface area contributed by atoms with Gasteiger partial charge in [0.25, 0.3) is 5.56 Å². The quantitative estimate of drug-likeness (QED) is 0.529. The average molecular weight is 300 g/mol. The van der Waals surface area contributed by atoms with Gasteiger partial charge in [-0.15, -0.1) is 0 Å². The normalized spacial score (nSPS) is 11.2. The summed E-state index contributed by atoms with van der Waals surface area (Å²) in [6.45, 7) is 3.87. The highest BCUT2D eigenvalue weighted by Crippen LogP contribution is 2.23. The van der Waals surface area contributed by atoms with Gasteiger partial charge >= 0.3 is 0 Å². The molecule has 0 atom stereocenters. The summed E-state index contributed by atoms with van der Waals surface area (Å²) in [4.78, 5) is 17.8. The molecule has 0 aliphatic rings. The molecule has 0 aliphatic carbocycles. The van der Waals surface area contributed by atoms with Crippen LogP contribution in [0.3, 0.4) is 0 Å². The van der Waals surface area contributed by atoms with Crippen LogP contribution in [0.15, 0.2) is 65.5 Å². The maximum Gasteiger partial charge on any atom is 0.265 e. The third kappa shape index (κ3) is 2.05. The van der Waals surface area contributed by atoms with Crippen LogP contribution in [0.1, 0.15) is 11.4 Å². The molecular formula is C20H16N2O. The Bertz CT molecular complexity index is 1100. The Morgan fingerprint density at radius 2 is 1.52 bits per heavy atom. The van der Waals surface area contributed by atoms with Crippen LogP contribution in [0.5, 0.6) is 0 Å². The van der Waals surface area contributed by atoms with Crippen LogP contribution in [0.2, 0.25) is 0 Å². The second-order valence-corrected chi connectivity index (χ2v) is 5.77. The standard InChI is InChI=1S/C20H16N2O/c1-13-7-5-11-17-19(13)21-14(2)22(20(17)23)18-12-6-9-15-8-3-4-10-16(15)18/h3-12H,1-2H3. The lowest BCUT2D eigenvalue weighted by atomic mass is 10.1. The fraction of sp³-hybridized carbons (Fsp3) is 0.100. The molecule has 0 aliphatic heterocycles. The topological polar surface area (TPSA) is 34.9 Å². The molecule has 0 fully saturated rings. The summed E-state index contributed by atoms with van der Waals surface area (Å²) in [6, 6.07) is 19.8. The molecule has 0 radical (unpaired) electrons. The third-order valence-corrected chi connectivity index (χ3v) is 4.28. The van der Waals surface area contributed by atoms with Gasteiger partial charge in [0.1, 0.15) is 5.82 Å². The summed E-state index contributed by atoms with van der Waals surface area (Å²) in [5, 5.41) is 2.82. The molecule has 0 saturated carbocycles. The molecule has 3 aromatic carbocycles. The number of rotatable bonds is 1. The minimum atomic E-state index is -0.0208. The van der Waals surface area contributed by atoms with Crippen molar-refractivity contribution in [2.45, 2.75) is 13.8 Å². The molecule has 0 saturated heterocycles. The lowest BCUT2D eigenvalue weighted by Crippen LogP contribution is -2.22. The van der Waals surface area contributed by atoms with Crippen LogP contribution in [-0.2, 0) is 0 Å². The lowest BCUT2D eigenvalue weighted by molar-refractivity contribution is 0.900. The van der Waals surface area contributed by atoms with Gasteiger partial charge in [0.05, 0.1) is 16.6 Å². The van der Waals surface area contributed by atoms with Crippen molar-refractivity contribution in [3.05, 3.63) is 82.4 Å². The summed E-state index contributed by atoms with van der Waals surface area (Å²) >= 11 is 0. The predicted molar refractivity (Wildman–Crippen MR) is 94.3 cm³/mol. The molecule has 0 unspecified atom stereocenters. The van der Waals surface area contributed by atoms with Crippen molar-refractivity contribution in [3.8, 4) is 5.69 Å². The molecule has 0 amide bonds. The lowest BCUT2D eigenvalue weighted by Gasteiger charge is -2.14. The molecule has 1 aromatic heterocycles. The maximum absolute atomic E-state index is 13.1. The van der Waals surface area contributed by atoms with Gasteiger partial charge in [0.15, 0.2) is 0 Å². The molecule has 3 nitrogen and oxygen atoms in total. The van der Waals surface area contributed by atoms with Crippen molar-refractivity contribution in [3.63, 3.8) is 0 Å². The van der Waals surface area contributed by atoms with Crippen LogP contribution in [0, 0.1) is 13.8 Å². The molecule has 112 valence electrons. The minimum Gasteiger partial charge on any atom is -0.268 e. The molecule has 0 bridgehead atoms. The van der Waals surface area contributed by atoms with Crippen molar-refractivity contribution >= 4 is 21.7 Å². The van der Waals surface area contributed by atoms with E-state index in [9.17, 15) is 4.79 Å². The first-order valence-corrected chi connectivity index (χ1v) is 7.64. The number of para-hydroxylation sites is 1. The van der Waals surface area contributed by atoms with E-state index in [1.165, 1.54) is 0 Å². The summed E-state index contributed by atoms with van der Waals surface area (Å²) < 4.78 is 1.71. The van der Waals surface area contributed by atoms with Gasteiger partial charge in [-0.25, -0.2) is 4.98 Å². The van der Waals surface area contributed by atoms with E-state index in [1.54, 1.807) is 4.57 Å². The highest BCUT2D eigenvalue weighted by atomic mass is 16.1. The fourth-order valence-corrected chi connectivity index (χ4v) is 3.15. The van der Waals surface area contributed by atoms with E-state index in [1.807, 2.05) is 62.4 Å². The summed E-state index contributed by atoms with van der Waals surface area (Å²) in [5.41, 5.74) is 2.66. The zero-order valence-electron chi connectivity index (χ0n) is 13.1. The largest absolute Gasteiger partial charge is 0.268 e. The van der Waals surface area contributed by atoms with Crippen molar-refractivity contribution in [1.29, 1.82) is 0 Å². The van der Waals surface area contributed by atoms with Gasteiger partial charge < -0.3 is 0 Å². The van der Waals surface area contributed by atoms with E-state index in [4.69, 9.17) is 0 Å². The summed E-state index contributed by atoms with van der Waals surface area (Å²) in [6.07, 6.45) is 0. The Hall–Kier alpha value is -2.94. The monoisotopic (exact) mass is 300 g/mol. The Morgan fingerprint density at radius 3 is 2.39 bits per heavy atom. The molecule has 23 heavy (non-hydrogen) atoms. The van der Waals surface area contributed by atoms with Crippen LogP contribution in [0.25, 0.3) is 27.4 Å². The van der Waals surface area contributed by atoms with E-state index >= 15 is 0 Å². The highest BCUT2D eigenvalue weighted by Gasteiger charge is 2.12. The molecule has 1 heterocycles. The Labute approximate surface area is 133 Å². The van der Waals surface area contributed by atoms with E-state index in [2.05, 4.69) is 17.1 Å². The summed E-state index contributed by atoms with van der Waals surface area (Å²) in [7, 11) is 0. The number of benzene rings is 3. The van der Waals surface area contributed by atoms with Crippen molar-refractivity contribution in [2.24, 2.45) is 0 Å². The Balaban J connectivity index is 2.16. The van der Waals surface area contributed by atoms with E-state index < -0.39 is 0 Å². The van der Waals surface area contributed by atoms with E-state index in [0.717, 1.165) is 27.5 Å². The van der Waals surface area contributed by atoms with Crippen molar-refractivity contribution in [2.75, 3.05) is 0 Å². The summed E-state index contributed by atoms with van der Waals surface area (Å²) in [5.74, 6) is 0.702. The van der Waals surface area contributed by atoms with Gasteiger partial charge in [-0.2, -0.15) is 0 Å². The number of hydrogen-bond acceptors (Lipinski definition) is 2. The molecule has 4 rings (SSSR count). The highest BCUT2D eigenvalue weighted by molar-refractivity contribution is 5.91. The van der Waals surface area contributed by atoms with Crippen LogP contribution < -0.4 is 5.56 Å². The van der Waals surface area contributed by atoms with Gasteiger partial charge in [0.2, 0.25) is 0 Å². The zero-order valence-corrected chi connectivity index (χ0v) is 13.1. The Kier molecular flexibility index (Phi) is 3.01. The smallest absolute Gasteiger partial charge is 0.265 e. The van der Waals surface area contributed by atoms with Crippen LogP contribution in [0.4, 0.5) is 0 Å². The van der Waals surface area contributed by atoms with Crippen molar-refractivity contribution in [1.82, 2.24) is 9.55 Å². The molecule has 3 heteroatoms. The molecule has 0 spiro atoms. The van der Waals surface area contributed by atoms with E-state index in [0.29, 0.717) is 11.2 Å². The van der Waals surface area contributed by atoms with Crippen LogP contribution >= 0.6 is 0 Å². The van der Waals surface area contributed by atoms with E-state index in [-0.39, 0.29) is 5.56 Å². The number of hydrogen-bond donors (Lipinski definition) is 0. The Morgan fingerprint density at radius 1 is 0.826 bits per heavy atom. The number of aromatic nitrogens is 2. The number of fused-ring (bicyclic) bond motifs is 2. The number of aryl methyl sites for hydroxylation is 2. The molecule has 0 N–H and O–H groups in total. The van der Waals surface area contributed by atoms with Gasteiger partial charge in [-0.1, -0.05) is 48.5 Å². The molecule has 4 aromatic rings. The first-order chi connectivity index (χ1) is 11.2. The maximum atomic E-state index is 13.1. The second-order valence-electron chi connectivity index (χ2n) is 5.77. The van der Waals surface area contributed by atoms with Crippen molar-refractivity contribution < 1.29 is 0 Å². The first kappa shape index (κ1) is 13.7. The first-order valence-electron chi connectivity index (χ1n) is 7.64. The average Bonchev–Trinajstić information content (AvgIpc) is 2.56. The minimum absolute atomic E-state index is 0.0208. The van der Waals surface area contributed by atoms with Gasteiger partial charge in [0, 0.05) is 5.39 Å². The van der Waals surface area contributed by atoms with Gasteiger partial charge in [-0.05, 0) is 36.9 Å². The van der Waals surface area contributed by atoms with Crippen LogP contribution in [-0.4, -0.2) is 9.55 Å².